The van der Waals surface area contributed by atoms with Crippen molar-refractivity contribution in [3.8, 4) is 0 Å². The SMILES string of the molecule is COC(C)(C)CCOC(C)(C)CCN=Nc1c(N)c(C)c2ccccc2c1C. The standard InChI is InChI=1S/C23H35N3O2/c1-16-18-10-8-9-11-19(18)17(2)21(20(16)24)26-25-14-12-23(5,6)28-15-13-22(3,4)27-7/h8-11H,12-15,24H2,1-7H3. The van der Waals surface area contributed by atoms with Crippen LogP contribution >= 0.6 is 0 Å². The Balaban J connectivity index is 2.01. The van der Waals surface area contributed by atoms with Gasteiger partial charge in [-0.15, -0.1) is 0 Å². The molecule has 0 aliphatic carbocycles. The second-order valence-electron chi connectivity index (χ2n) is 8.59. The molecule has 0 atom stereocenters. The number of nitrogens with zero attached hydrogens (tertiary/aromatic N) is 2. The summed E-state index contributed by atoms with van der Waals surface area (Å²) >= 11 is 0. The normalized spacial score (nSPS) is 13.0. The summed E-state index contributed by atoms with van der Waals surface area (Å²) in [4.78, 5) is 0. The summed E-state index contributed by atoms with van der Waals surface area (Å²) in [5.74, 6) is 0. The van der Waals surface area contributed by atoms with Crippen LogP contribution in [-0.4, -0.2) is 31.5 Å². The molecule has 0 spiro atoms. The van der Waals surface area contributed by atoms with Crippen LogP contribution in [0.2, 0.25) is 0 Å². The van der Waals surface area contributed by atoms with Crippen LogP contribution < -0.4 is 5.73 Å². The van der Waals surface area contributed by atoms with Crippen LogP contribution in [0.1, 0.15) is 51.7 Å². The number of methoxy groups -OCH3 is 1. The molecule has 0 fully saturated rings. The lowest BCUT2D eigenvalue weighted by atomic mass is 9.97. The van der Waals surface area contributed by atoms with Crippen molar-refractivity contribution in [2.24, 2.45) is 10.2 Å². The summed E-state index contributed by atoms with van der Waals surface area (Å²) in [7, 11) is 1.73. The van der Waals surface area contributed by atoms with Gasteiger partial charge in [-0.05, 0) is 76.3 Å². The molecule has 2 rings (SSSR count). The molecule has 0 radical (unpaired) electrons. The van der Waals surface area contributed by atoms with Gasteiger partial charge < -0.3 is 15.2 Å². The van der Waals surface area contributed by atoms with Gasteiger partial charge in [0.1, 0.15) is 5.69 Å². The molecule has 0 saturated heterocycles. The van der Waals surface area contributed by atoms with E-state index in [0.717, 1.165) is 29.7 Å². The van der Waals surface area contributed by atoms with E-state index in [1.54, 1.807) is 7.11 Å². The van der Waals surface area contributed by atoms with E-state index in [-0.39, 0.29) is 11.2 Å². The molecule has 0 heterocycles. The molecule has 154 valence electrons. The van der Waals surface area contributed by atoms with Crippen molar-refractivity contribution in [3.05, 3.63) is 35.4 Å². The van der Waals surface area contributed by atoms with Crippen molar-refractivity contribution in [1.29, 1.82) is 0 Å². The van der Waals surface area contributed by atoms with Gasteiger partial charge in [-0.25, -0.2) is 0 Å². The van der Waals surface area contributed by atoms with Crippen molar-refractivity contribution >= 4 is 22.1 Å². The predicted octanol–water partition coefficient (Wildman–Crippen LogP) is 6.12. The largest absolute Gasteiger partial charge is 0.397 e. The van der Waals surface area contributed by atoms with Gasteiger partial charge in [-0.1, -0.05) is 24.3 Å². The molecule has 0 aliphatic rings. The predicted molar refractivity (Wildman–Crippen MR) is 118 cm³/mol. The monoisotopic (exact) mass is 385 g/mol. The molecule has 2 aromatic rings. The van der Waals surface area contributed by atoms with Gasteiger partial charge >= 0.3 is 0 Å². The number of hydrogen-bond donors (Lipinski definition) is 1. The molecular formula is C23H35N3O2. The van der Waals surface area contributed by atoms with Gasteiger partial charge in [0.2, 0.25) is 0 Å². The van der Waals surface area contributed by atoms with E-state index < -0.39 is 0 Å². The molecule has 0 saturated carbocycles. The van der Waals surface area contributed by atoms with Crippen molar-refractivity contribution in [3.63, 3.8) is 0 Å². The van der Waals surface area contributed by atoms with Gasteiger partial charge in [0.05, 0.1) is 30.0 Å². The molecular weight excluding hydrogens is 350 g/mol. The van der Waals surface area contributed by atoms with E-state index in [4.69, 9.17) is 15.2 Å². The van der Waals surface area contributed by atoms with Gasteiger partial charge in [-0.3, -0.25) is 0 Å². The van der Waals surface area contributed by atoms with E-state index in [1.165, 1.54) is 10.8 Å². The third-order valence-electron chi connectivity index (χ3n) is 5.48. The number of ether oxygens (including phenoxy) is 2. The summed E-state index contributed by atoms with van der Waals surface area (Å²) in [5, 5.41) is 11.2. The number of azo groups is 1. The van der Waals surface area contributed by atoms with Crippen molar-refractivity contribution < 1.29 is 9.47 Å². The Morgan fingerprint density at radius 2 is 1.54 bits per heavy atom. The van der Waals surface area contributed by atoms with E-state index >= 15 is 0 Å². The third-order valence-corrected chi connectivity index (χ3v) is 5.48. The number of anilines is 1. The van der Waals surface area contributed by atoms with Gasteiger partial charge in [0.15, 0.2) is 0 Å². The molecule has 0 unspecified atom stereocenters. The molecule has 5 heteroatoms. The molecule has 2 aromatic carbocycles. The van der Waals surface area contributed by atoms with Crippen LogP contribution in [0.3, 0.4) is 0 Å². The number of hydrogen-bond acceptors (Lipinski definition) is 5. The Morgan fingerprint density at radius 1 is 0.929 bits per heavy atom. The molecule has 0 amide bonds. The summed E-state index contributed by atoms with van der Waals surface area (Å²) in [5.41, 5.74) is 9.52. The number of nitrogens with two attached hydrogens (primary N) is 1. The first-order chi connectivity index (χ1) is 13.1. The minimum Gasteiger partial charge on any atom is -0.397 e. The Morgan fingerprint density at radius 3 is 2.14 bits per heavy atom. The first-order valence-electron chi connectivity index (χ1n) is 9.92. The molecule has 5 nitrogen and oxygen atoms in total. The van der Waals surface area contributed by atoms with Crippen LogP contribution in [0.5, 0.6) is 0 Å². The average Bonchev–Trinajstić information content (AvgIpc) is 2.65. The maximum Gasteiger partial charge on any atom is 0.112 e. The molecule has 0 aliphatic heterocycles. The fourth-order valence-corrected chi connectivity index (χ4v) is 3.11. The van der Waals surface area contributed by atoms with E-state index in [0.29, 0.717) is 18.8 Å². The number of nitrogen functional groups attached to an aromatic ring is 1. The fourth-order valence-electron chi connectivity index (χ4n) is 3.11. The van der Waals surface area contributed by atoms with Crippen molar-refractivity contribution in [2.75, 3.05) is 26.0 Å². The lowest BCUT2D eigenvalue weighted by molar-refractivity contribution is -0.0600. The Hall–Kier alpha value is -1.98. The first-order valence-corrected chi connectivity index (χ1v) is 9.92. The Labute approximate surface area is 169 Å². The average molecular weight is 386 g/mol. The zero-order valence-electron chi connectivity index (χ0n) is 18.4. The molecule has 2 N–H and O–H groups in total. The van der Waals surface area contributed by atoms with Gasteiger partial charge in [0, 0.05) is 7.11 Å². The smallest absolute Gasteiger partial charge is 0.112 e. The van der Waals surface area contributed by atoms with Crippen LogP contribution in [0.25, 0.3) is 10.8 Å². The number of aryl methyl sites for hydroxylation is 2. The minimum absolute atomic E-state index is 0.168. The second kappa shape index (κ2) is 9.01. The lowest BCUT2D eigenvalue weighted by Crippen LogP contribution is -2.30. The maximum atomic E-state index is 6.35. The minimum atomic E-state index is -0.261. The van der Waals surface area contributed by atoms with Gasteiger partial charge in [-0.2, -0.15) is 10.2 Å². The zero-order valence-corrected chi connectivity index (χ0v) is 18.4. The molecule has 28 heavy (non-hydrogen) atoms. The third kappa shape index (κ3) is 5.52. The molecule has 0 bridgehead atoms. The Kier molecular flexibility index (Phi) is 7.18. The maximum absolute atomic E-state index is 6.35. The number of fused-ring (bicyclic) bond motifs is 1. The van der Waals surface area contributed by atoms with E-state index in [1.807, 2.05) is 19.1 Å². The van der Waals surface area contributed by atoms with Crippen LogP contribution in [0, 0.1) is 13.8 Å². The molecule has 0 aromatic heterocycles. The summed E-state index contributed by atoms with van der Waals surface area (Å²) < 4.78 is 11.5. The Bertz CT molecular complexity index is 841. The summed E-state index contributed by atoms with van der Waals surface area (Å²) in [6, 6.07) is 8.27. The topological polar surface area (TPSA) is 69.2 Å². The highest BCUT2D eigenvalue weighted by Crippen LogP contribution is 2.37. The highest BCUT2D eigenvalue weighted by Gasteiger charge is 2.21. The highest BCUT2D eigenvalue weighted by molar-refractivity contribution is 5.97. The first kappa shape index (κ1) is 22.3. The van der Waals surface area contributed by atoms with Crippen molar-refractivity contribution in [2.45, 2.75) is 65.6 Å². The summed E-state index contributed by atoms with van der Waals surface area (Å²) in [6.45, 7) is 13.6. The lowest BCUT2D eigenvalue weighted by Gasteiger charge is -2.28. The second-order valence-corrected chi connectivity index (χ2v) is 8.59. The van der Waals surface area contributed by atoms with E-state index in [2.05, 4.69) is 57.0 Å². The summed E-state index contributed by atoms with van der Waals surface area (Å²) in [6.07, 6.45) is 1.63. The van der Waals surface area contributed by atoms with Crippen molar-refractivity contribution in [1.82, 2.24) is 0 Å². The van der Waals surface area contributed by atoms with Gasteiger partial charge in [0.25, 0.3) is 0 Å². The number of benzene rings is 2. The number of rotatable bonds is 9. The van der Waals surface area contributed by atoms with Crippen LogP contribution in [-0.2, 0) is 9.47 Å². The fraction of sp³-hybridized carbons (Fsp3) is 0.565. The van der Waals surface area contributed by atoms with E-state index in [9.17, 15) is 0 Å². The van der Waals surface area contributed by atoms with Crippen LogP contribution in [0.4, 0.5) is 11.4 Å². The highest BCUT2D eigenvalue weighted by atomic mass is 16.5. The van der Waals surface area contributed by atoms with Crippen LogP contribution in [0.15, 0.2) is 34.5 Å². The quantitative estimate of drug-likeness (QED) is 0.417. The zero-order chi connectivity index (χ0) is 20.9.